The van der Waals surface area contributed by atoms with E-state index >= 15 is 0 Å². The van der Waals surface area contributed by atoms with E-state index < -0.39 is 6.75 Å². The molecule has 0 aromatic carbocycles. The molecule has 0 spiro atoms. The van der Waals surface area contributed by atoms with Gasteiger partial charge in [-0.05, 0) is 0 Å². The standard InChI is InChI=1S/C14H32NP/c1-9-14(6)11-15(7)16(14,8,10-2)13(5)12(3)4/h12-13H,9-11H2,1-8H3. The van der Waals surface area contributed by atoms with Crippen molar-refractivity contribution in [2.75, 3.05) is 26.4 Å². The summed E-state index contributed by atoms with van der Waals surface area (Å²) in [4.78, 5) is 0. The summed E-state index contributed by atoms with van der Waals surface area (Å²) in [6.07, 6.45) is 2.72. The topological polar surface area (TPSA) is 3.24 Å². The Morgan fingerprint density at radius 2 is 1.75 bits per heavy atom. The minimum atomic E-state index is -1.69. The molecule has 2 atom stereocenters. The molecule has 1 saturated heterocycles. The van der Waals surface area contributed by atoms with Crippen LogP contribution in [0, 0.1) is 5.92 Å². The Morgan fingerprint density at radius 1 is 1.25 bits per heavy atom. The Labute approximate surface area is 103 Å². The summed E-state index contributed by atoms with van der Waals surface area (Å²) in [7, 11) is 2.37. The first-order valence-electron chi connectivity index (χ1n) is 6.90. The van der Waals surface area contributed by atoms with Gasteiger partial charge < -0.3 is 0 Å². The van der Waals surface area contributed by atoms with Crippen molar-refractivity contribution in [3.63, 3.8) is 0 Å². The van der Waals surface area contributed by atoms with Crippen LogP contribution in [0.25, 0.3) is 0 Å². The third kappa shape index (κ3) is 1.31. The number of hydrogen-bond donors (Lipinski definition) is 0. The molecule has 98 valence electrons. The van der Waals surface area contributed by atoms with Crippen LogP contribution in [0.4, 0.5) is 0 Å². The molecule has 16 heavy (non-hydrogen) atoms. The minimum absolute atomic E-state index is 0.596. The summed E-state index contributed by atoms with van der Waals surface area (Å²) < 4.78 is 2.75. The summed E-state index contributed by atoms with van der Waals surface area (Å²) in [5, 5.41) is 0.596. The summed E-state index contributed by atoms with van der Waals surface area (Å²) >= 11 is 0. The van der Waals surface area contributed by atoms with Crippen molar-refractivity contribution < 1.29 is 0 Å². The van der Waals surface area contributed by atoms with Gasteiger partial charge in [0, 0.05) is 0 Å². The first-order chi connectivity index (χ1) is 7.18. The molecule has 1 rings (SSSR count). The average molecular weight is 245 g/mol. The van der Waals surface area contributed by atoms with Gasteiger partial charge in [0.15, 0.2) is 0 Å². The van der Waals surface area contributed by atoms with E-state index in [0.29, 0.717) is 5.16 Å². The van der Waals surface area contributed by atoms with Crippen molar-refractivity contribution in [3.8, 4) is 0 Å². The molecule has 0 aromatic heterocycles. The van der Waals surface area contributed by atoms with E-state index in [1.54, 1.807) is 0 Å². The van der Waals surface area contributed by atoms with Crippen molar-refractivity contribution >= 4 is 6.75 Å². The van der Waals surface area contributed by atoms with Gasteiger partial charge in [-0.1, -0.05) is 0 Å². The molecule has 0 N–H and O–H groups in total. The van der Waals surface area contributed by atoms with Gasteiger partial charge >= 0.3 is 103 Å². The zero-order valence-corrected chi connectivity index (χ0v) is 13.6. The predicted molar refractivity (Wildman–Crippen MR) is 79.0 cm³/mol. The molecule has 1 nitrogen and oxygen atoms in total. The first kappa shape index (κ1) is 14.5. The van der Waals surface area contributed by atoms with Gasteiger partial charge in [-0.25, -0.2) is 0 Å². The van der Waals surface area contributed by atoms with E-state index in [4.69, 9.17) is 0 Å². The monoisotopic (exact) mass is 245 g/mol. The molecule has 0 aliphatic carbocycles. The second-order valence-corrected chi connectivity index (χ2v) is 13.7. The fraction of sp³-hybridized carbons (Fsp3) is 1.00. The van der Waals surface area contributed by atoms with Crippen LogP contribution in [0.3, 0.4) is 0 Å². The number of nitrogens with zero attached hydrogens (tertiary/aromatic N) is 1. The van der Waals surface area contributed by atoms with Gasteiger partial charge in [0.1, 0.15) is 0 Å². The van der Waals surface area contributed by atoms with Crippen molar-refractivity contribution in [2.45, 2.75) is 58.8 Å². The first-order valence-corrected chi connectivity index (χ1v) is 9.79. The van der Waals surface area contributed by atoms with E-state index in [1.165, 1.54) is 19.1 Å². The molecule has 2 heteroatoms. The van der Waals surface area contributed by atoms with Crippen molar-refractivity contribution in [1.82, 2.24) is 4.67 Å². The van der Waals surface area contributed by atoms with Gasteiger partial charge in [0.25, 0.3) is 0 Å². The van der Waals surface area contributed by atoms with Crippen LogP contribution in [0.1, 0.15) is 48.0 Å². The Morgan fingerprint density at radius 3 is 2.00 bits per heavy atom. The third-order valence-electron chi connectivity index (χ3n) is 6.60. The van der Waals surface area contributed by atoms with Gasteiger partial charge in [-0.3, -0.25) is 0 Å². The quantitative estimate of drug-likeness (QED) is 0.669. The molecule has 1 heterocycles. The second kappa shape index (κ2) is 3.95. The van der Waals surface area contributed by atoms with Gasteiger partial charge in [-0.2, -0.15) is 0 Å². The predicted octanol–water partition coefficient (Wildman–Crippen LogP) is 4.26. The van der Waals surface area contributed by atoms with E-state index in [-0.39, 0.29) is 0 Å². The molecule has 1 aliphatic rings. The summed E-state index contributed by atoms with van der Waals surface area (Å²) in [5.74, 6) is 0.802. The van der Waals surface area contributed by atoms with Gasteiger partial charge in [0.05, 0.1) is 0 Å². The molecule has 0 bridgehead atoms. The van der Waals surface area contributed by atoms with Crippen LogP contribution >= 0.6 is 6.75 Å². The van der Waals surface area contributed by atoms with Gasteiger partial charge in [0.2, 0.25) is 0 Å². The van der Waals surface area contributed by atoms with Crippen molar-refractivity contribution in [2.24, 2.45) is 5.92 Å². The molecule has 0 saturated carbocycles. The van der Waals surface area contributed by atoms with Crippen LogP contribution in [0.2, 0.25) is 0 Å². The van der Waals surface area contributed by atoms with Crippen LogP contribution in [0.15, 0.2) is 0 Å². The van der Waals surface area contributed by atoms with Crippen molar-refractivity contribution in [3.05, 3.63) is 0 Å². The van der Waals surface area contributed by atoms with Crippen LogP contribution < -0.4 is 0 Å². The van der Waals surface area contributed by atoms with E-state index in [2.05, 4.69) is 59.9 Å². The number of rotatable bonds is 4. The molecule has 2 unspecified atom stereocenters. The number of hydrogen-bond acceptors (Lipinski definition) is 1. The van der Waals surface area contributed by atoms with Crippen LogP contribution in [0.5, 0.6) is 0 Å². The maximum atomic E-state index is 2.75. The molecule has 1 fully saturated rings. The fourth-order valence-corrected chi connectivity index (χ4v) is 12.0. The van der Waals surface area contributed by atoms with Crippen LogP contribution in [-0.2, 0) is 0 Å². The SMILES string of the molecule is CCC1(C)CN(C)P1(C)(CC)C(C)C(C)C. The zero-order valence-electron chi connectivity index (χ0n) is 12.7. The molecule has 0 amide bonds. The third-order valence-corrected chi connectivity index (χ3v) is 16.4. The van der Waals surface area contributed by atoms with Crippen LogP contribution in [-0.4, -0.2) is 41.9 Å². The van der Waals surface area contributed by atoms with E-state index in [1.807, 2.05) is 0 Å². The van der Waals surface area contributed by atoms with Crippen molar-refractivity contribution in [1.29, 1.82) is 0 Å². The Hall–Kier alpha value is 0.390. The summed E-state index contributed by atoms with van der Waals surface area (Å²) in [6, 6.07) is 0. The Kier molecular flexibility index (Phi) is 3.57. The fourth-order valence-electron chi connectivity index (χ4n) is 4.27. The van der Waals surface area contributed by atoms with E-state index in [0.717, 1.165) is 11.6 Å². The molecular weight excluding hydrogens is 213 g/mol. The summed E-state index contributed by atoms with van der Waals surface area (Å²) in [5.41, 5.74) is 0.861. The molecular formula is C14H32NP. The normalized spacial score (nSPS) is 37.4. The molecule has 0 aromatic rings. The maximum absolute atomic E-state index is 2.75. The van der Waals surface area contributed by atoms with E-state index in [9.17, 15) is 0 Å². The Balaban J connectivity index is 3.26. The molecule has 1 aliphatic heterocycles. The zero-order chi connectivity index (χ0) is 12.8. The Bertz CT molecular complexity index is 278. The van der Waals surface area contributed by atoms with Gasteiger partial charge in [-0.15, -0.1) is 0 Å². The molecule has 0 radical (unpaired) electrons. The average Bonchev–Trinajstić information content (AvgIpc) is 2.26. The summed E-state index contributed by atoms with van der Waals surface area (Å²) in [6.45, 7) is 17.0. The second-order valence-electron chi connectivity index (χ2n) is 6.79.